The number of nitrogens with one attached hydrogen (secondary N) is 2. The molecule has 0 bridgehead atoms. The van der Waals surface area contributed by atoms with Crippen molar-refractivity contribution in [2.75, 3.05) is 11.9 Å². The van der Waals surface area contributed by atoms with Crippen molar-refractivity contribution in [3.63, 3.8) is 0 Å². The van der Waals surface area contributed by atoms with Crippen molar-refractivity contribution >= 4 is 21.7 Å². The van der Waals surface area contributed by atoms with Crippen molar-refractivity contribution < 1.29 is 13.2 Å². The lowest BCUT2D eigenvalue weighted by atomic mass is 10.2. The van der Waals surface area contributed by atoms with E-state index in [2.05, 4.69) is 20.1 Å². The number of carbonyl (C=O) groups excluding carboxylic acids is 1. The van der Waals surface area contributed by atoms with Crippen molar-refractivity contribution in [3.05, 3.63) is 72.2 Å². The molecule has 0 aliphatic carbocycles. The van der Waals surface area contributed by atoms with Gasteiger partial charge in [-0.15, -0.1) is 0 Å². The van der Waals surface area contributed by atoms with Crippen LogP contribution < -0.4 is 10.0 Å². The molecule has 1 aromatic carbocycles. The third-order valence-electron chi connectivity index (χ3n) is 3.71. The van der Waals surface area contributed by atoms with Gasteiger partial charge in [0.1, 0.15) is 0 Å². The second-order valence-corrected chi connectivity index (χ2v) is 7.51. The molecule has 0 unspecified atom stereocenters. The molecule has 3 rings (SSSR count). The minimum Gasteiger partial charge on any atom is -0.305 e. The van der Waals surface area contributed by atoms with E-state index < -0.39 is 10.0 Å². The van der Waals surface area contributed by atoms with Crippen molar-refractivity contribution in [2.24, 2.45) is 0 Å². The van der Waals surface area contributed by atoms with Crippen molar-refractivity contribution in [3.8, 4) is 0 Å². The van der Waals surface area contributed by atoms with E-state index in [9.17, 15) is 13.2 Å². The van der Waals surface area contributed by atoms with Gasteiger partial charge in [0.05, 0.1) is 11.4 Å². The number of aromatic nitrogens is 3. The molecule has 0 saturated carbocycles. The van der Waals surface area contributed by atoms with E-state index in [1.54, 1.807) is 36.3 Å². The average molecular weight is 385 g/mol. The number of pyridine rings is 1. The summed E-state index contributed by atoms with van der Waals surface area (Å²) in [6, 6.07) is 11.2. The Labute approximate surface area is 157 Å². The van der Waals surface area contributed by atoms with Gasteiger partial charge < -0.3 is 5.32 Å². The summed E-state index contributed by atoms with van der Waals surface area (Å²) < 4.78 is 28.0. The highest BCUT2D eigenvalue weighted by molar-refractivity contribution is 7.89. The van der Waals surface area contributed by atoms with Crippen LogP contribution >= 0.6 is 0 Å². The molecule has 1 amide bonds. The van der Waals surface area contributed by atoms with Crippen molar-refractivity contribution in [2.45, 2.75) is 18.4 Å². The highest BCUT2D eigenvalue weighted by Crippen LogP contribution is 2.12. The third-order valence-corrected chi connectivity index (χ3v) is 5.27. The molecule has 0 aliphatic rings. The highest BCUT2D eigenvalue weighted by atomic mass is 32.2. The van der Waals surface area contributed by atoms with Crippen molar-refractivity contribution in [1.82, 2.24) is 19.5 Å². The molecule has 0 atom stereocenters. The predicted molar refractivity (Wildman–Crippen MR) is 101 cm³/mol. The second kappa shape index (κ2) is 8.11. The summed E-state index contributed by atoms with van der Waals surface area (Å²) >= 11 is 0. The zero-order valence-corrected chi connectivity index (χ0v) is 15.5. The Hall–Kier alpha value is -3.04. The molecule has 0 fully saturated rings. The average Bonchev–Trinajstić information content (AvgIpc) is 3.09. The van der Waals surface area contributed by atoms with Crippen LogP contribution in [0.15, 0.2) is 66.0 Å². The molecule has 0 saturated heterocycles. The van der Waals surface area contributed by atoms with E-state index >= 15 is 0 Å². The largest absolute Gasteiger partial charge is 0.305 e. The van der Waals surface area contributed by atoms with Gasteiger partial charge in [-0.25, -0.2) is 13.1 Å². The monoisotopic (exact) mass is 385 g/mol. The number of nitrogens with zero attached hydrogens (tertiary/aromatic N) is 3. The molecule has 3 aromatic rings. The van der Waals surface area contributed by atoms with Crippen LogP contribution in [0.1, 0.15) is 22.8 Å². The second-order valence-electron chi connectivity index (χ2n) is 5.74. The van der Waals surface area contributed by atoms with Gasteiger partial charge in [0.2, 0.25) is 10.0 Å². The number of carbonyl (C=O) groups is 1. The van der Waals surface area contributed by atoms with Crippen LogP contribution in [0.3, 0.4) is 0 Å². The SMILES string of the molecule is CCNS(=O)(=O)c1ccc(C(=O)Nc2ccn(Cc3cccnc3)n2)cc1. The maximum Gasteiger partial charge on any atom is 0.256 e. The molecule has 0 spiro atoms. The number of benzene rings is 1. The Balaban J connectivity index is 1.65. The van der Waals surface area contributed by atoms with E-state index in [1.807, 2.05) is 12.1 Å². The Morgan fingerprint density at radius 3 is 2.59 bits per heavy atom. The molecule has 27 heavy (non-hydrogen) atoms. The summed E-state index contributed by atoms with van der Waals surface area (Å²) in [7, 11) is -3.54. The number of hydrogen-bond donors (Lipinski definition) is 2. The fourth-order valence-electron chi connectivity index (χ4n) is 2.44. The summed E-state index contributed by atoms with van der Waals surface area (Å²) in [5.74, 6) is 0.0438. The van der Waals surface area contributed by atoms with Gasteiger partial charge in [0, 0.05) is 36.8 Å². The normalized spacial score (nSPS) is 11.3. The summed E-state index contributed by atoms with van der Waals surface area (Å²) in [5.41, 5.74) is 1.34. The molecular weight excluding hydrogens is 366 g/mol. The summed E-state index contributed by atoms with van der Waals surface area (Å²) in [6.45, 7) is 2.54. The van der Waals surface area contributed by atoms with E-state index in [0.717, 1.165) is 5.56 Å². The molecule has 8 nitrogen and oxygen atoms in total. The summed E-state index contributed by atoms with van der Waals surface area (Å²) in [6.07, 6.45) is 5.21. The minimum absolute atomic E-state index is 0.113. The first-order valence-electron chi connectivity index (χ1n) is 8.31. The van der Waals surface area contributed by atoms with E-state index in [0.29, 0.717) is 24.5 Å². The quantitative estimate of drug-likeness (QED) is 0.646. The lowest BCUT2D eigenvalue weighted by Crippen LogP contribution is -2.23. The Kier molecular flexibility index (Phi) is 5.63. The maximum absolute atomic E-state index is 12.3. The molecule has 2 N–H and O–H groups in total. The number of hydrogen-bond acceptors (Lipinski definition) is 5. The van der Waals surface area contributed by atoms with Crippen LogP contribution in [-0.2, 0) is 16.6 Å². The number of rotatable bonds is 7. The molecule has 2 aromatic heterocycles. The van der Waals surface area contributed by atoms with Gasteiger partial charge in [-0.1, -0.05) is 13.0 Å². The van der Waals surface area contributed by atoms with Gasteiger partial charge in [-0.2, -0.15) is 5.10 Å². The van der Waals surface area contributed by atoms with Crippen molar-refractivity contribution in [1.29, 1.82) is 0 Å². The van der Waals surface area contributed by atoms with Gasteiger partial charge in [0.25, 0.3) is 5.91 Å². The molecular formula is C18H19N5O3S. The van der Waals surface area contributed by atoms with Crippen LogP contribution in [0.2, 0.25) is 0 Å². The maximum atomic E-state index is 12.3. The zero-order valence-electron chi connectivity index (χ0n) is 14.7. The number of anilines is 1. The Morgan fingerprint density at radius 1 is 1.15 bits per heavy atom. The smallest absolute Gasteiger partial charge is 0.256 e. The number of amides is 1. The van der Waals surface area contributed by atoms with Crippen LogP contribution in [-0.4, -0.2) is 35.6 Å². The first-order chi connectivity index (χ1) is 13.0. The fourth-order valence-corrected chi connectivity index (χ4v) is 3.48. The molecule has 0 aliphatic heterocycles. The van der Waals surface area contributed by atoms with Gasteiger partial charge in [-0.3, -0.25) is 14.5 Å². The predicted octanol–water partition coefficient (Wildman–Crippen LogP) is 1.88. The zero-order chi connectivity index (χ0) is 19.3. The van der Waals surface area contributed by atoms with Gasteiger partial charge >= 0.3 is 0 Å². The summed E-state index contributed by atoms with van der Waals surface area (Å²) in [5, 5.41) is 7.00. The number of sulfonamides is 1. The van der Waals surface area contributed by atoms with Crippen LogP contribution in [0.25, 0.3) is 0 Å². The van der Waals surface area contributed by atoms with Crippen LogP contribution in [0, 0.1) is 0 Å². The lowest BCUT2D eigenvalue weighted by Gasteiger charge is -2.06. The van der Waals surface area contributed by atoms with Crippen LogP contribution in [0.4, 0.5) is 5.82 Å². The standard InChI is InChI=1S/C18H19N5O3S/c1-2-20-27(25,26)16-7-5-15(6-8-16)18(24)21-17-9-11-23(22-17)13-14-4-3-10-19-12-14/h3-12,20H,2,13H2,1H3,(H,21,22,24). The Morgan fingerprint density at radius 2 is 1.93 bits per heavy atom. The first kappa shape index (κ1) is 18.7. The van der Waals surface area contributed by atoms with Crippen LogP contribution in [0.5, 0.6) is 0 Å². The molecule has 140 valence electrons. The first-order valence-corrected chi connectivity index (χ1v) is 9.79. The summed E-state index contributed by atoms with van der Waals surface area (Å²) in [4.78, 5) is 16.5. The van der Waals surface area contributed by atoms with Gasteiger partial charge in [-0.05, 0) is 35.9 Å². The fraction of sp³-hybridized carbons (Fsp3) is 0.167. The highest BCUT2D eigenvalue weighted by Gasteiger charge is 2.14. The third kappa shape index (κ3) is 4.78. The van der Waals surface area contributed by atoms with E-state index in [1.165, 1.54) is 24.3 Å². The van der Waals surface area contributed by atoms with Gasteiger partial charge in [0.15, 0.2) is 5.82 Å². The topological polar surface area (TPSA) is 106 Å². The van der Waals surface area contributed by atoms with E-state index in [4.69, 9.17) is 0 Å². The molecule has 2 heterocycles. The van der Waals surface area contributed by atoms with E-state index in [-0.39, 0.29) is 10.8 Å². The Bertz CT molecular complexity index is 1010. The lowest BCUT2D eigenvalue weighted by molar-refractivity contribution is 0.102. The molecule has 0 radical (unpaired) electrons. The minimum atomic E-state index is -3.54. The molecule has 9 heteroatoms.